The molecule has 1 aliphatic heterocycles. The van der Waals surface area contributed by atoms with Gasteiger partial charge in [0.1, 0.15) is 0 Å². The summed E-state index contributed by atoms with van der Waals surface area (Å²) in [7, 11) is -2.71. The minimum atomic E-state index is -2.71. The van der Waals surface area contributed by atoms with Gasteiger partial charge < -0.3 is 5.32 Å². The third-order valence-corrected chi connectivity index (χ3v) is 4.13. The van der Waals surface area contributed by atoms with Crippen molar-refractivity contribution in [1.82, 2.24) is 5.32 Å². The van der Waals surface area contributed by atoms with Crippen molar-refractivity contribution in [2.24, 2.45) is 0 Å². The average molecular weight is 191 g/mol. The van der Waals surface area contributed by atoms with E-state index in [4.69, 9.17) is 0 Å². The molecule has 3 nitrogen and oxygen atoms in total. The van der Waals surface area contributed by atoms with Crippen molar-refractivity contribution < 1.29 is 8.42 Å². The third-order valence-electron chi connectivity index (χ3n) is 2.37. The minimum absolute atomic E-state index is 0.199. The highest BCUT2D eigenvalue weighted by molar-refractivity contribution is 7.91. The highest BCUT2D eigenvalue weighted by Gasteiger charge is 2.27. The highest BCUT2D eigenvalue weighted by Crippen LogP contribution is 2.12. The van der Waals surface area contributed by atoms with Gasteiger partial charge in [-0.25, -0.2) is 8.42 Å². The van der Waals surface area contributed by atoms with Gasteiger partial charge in [0, 0.05) is 12.1 Å². The van der Waals surface area contributed by atoms with E-state index in [-0.39, 0.29) is 6.04 Å². The predicted octanol–water partition coefficient (Wildman–Crippen LogP) is 0.562. The fraction of sp³-hybridized carbons (Fsp3) is 1.00. The predicted molar refractivity (Wildman–Crippen MR) is 49.9 cm³/mol. The standard InChI is InChI=1S/C8H17NO2S/c1-3-7(2)9-8-4-5-12(10,11)6-8/h7-9H,3-6H2,1-2H3. The first kappa shape index (κ1) is 9.99. The Balaban J connectivity index is 2.38. The molecule has 2 unspecified atom stereocenters. The molecule has 0 aromatic heterocycles. The van der Waals surface area contributed by atoms with Crippen LogP contribution in [-0.2, 0) is 9.84 Å². The van der Waals surface area contributed by atoms with Crippen molar-refractivity contribution >= 4 is 9.84 Å². The van der Waals surface area contributed by atoms with Gasteiger partial charge in [-0.1, -0.05) is 6.92 Å². The quantitative estimate of drug-likeness (QED) is 0.709. The second kappa shape index (κ2) is 3.75. The summed E-state index contributed by atoms with van der Waals surface area (Å²) < 4.78 is 22.1. The summed E-state index contributed by atoms with van der Waals surface area (Å²) in [4.78, 5) is 0. The highest BCUT2D eigenvalue weighted by atomic mass is 32.2. The number of hydrogen-bond acceptors (Lipinski definition) is 3. The van der Waals surface area contributed by atoms with Crippen LogP contribution >= 0.6 is 0 Å². The van der Waals surface area contributed by atoms with E-state index in [1.165, 1.54) is 0 Å². The maximum Gasteiger partial charge on any atom is 0.151 e. The van der Waals surface area contributed by atoms with Crippen molar-refractivity contribution in [3.63, 3.8) is 0 Å². The number of nitrogens with one attached hydrogen (secondary N) is 1. The molecule has 0 aliphatic carbocycles. The largest absolute Gasteiger partial charge is 0.310 e. The summed E-state index contributed by atoms with van der Waals surface area (Å²) >= 11 is 0. The molecule has 4 heteroatoms. The Bertz CT molecular complexity index is 235. The van der Waals surface area contributed by atoms with Gasteiger partial charge in [0.05, 0.1) is 11.5 Å². The summed E-state index contributed by atoms with van der Waals surface area (Å²) in [6, 6.07) is 0.633. The van der Waals surface area contributed by atoms with Gasteiger partial charge in [0.2, 0.25) is 0 Å². The summed E-state index contributed by atoms with van der Waals surface area (Å²) in [6.45, 7) is 4.19. The van der Waals surface area contributed by atoms with Gasteiger partial charge in [-0.15, -0.1) is 0 Å². The maximum absolute atomic E-state index is 11.1. The Hall–Kier alpha value is -0.0900. The van der Waals surface area contributed by atoms with E-state index in [2.05, 4.69) is 19.2 Å². The second-order valence-electron chi connectivity index (χ2n) is 3.58. The SMILES string of the molecule is CCC(C)NC1CCS(=O)(=O)C1. The van der Waals surface area contributed by atoms with Crippen LogP contribution in [0.2, 0.25) is 0 Å². The zero-order valence-corrected chi connectivity index (χ0v) is 8.52. The smallest absolute Gasteiger partial charge is 0.151 e. The van der Waals surface area contributed by atoms with Crippen LogP contribution in [0, 0.1) is 0 Å². The monoisotopic (exact) mass is 191 g/mol. The Morgan fingerprint density at radius 3 is 2.67 bits per heavy atom. The van der Waals surface area contributed by atoms with Gasteiger partial charge in [-0.2, -0.15) is 0 Å². The first-order valence-electron chi connectivity index (χ1n) is 4.50. The molecular weight excluding hydrogens is 174 g/mol. The van der Waals surface area contributed by atoms with Crippen molar-refractivity contribution in [2.75, 3.05) is 11.5 Å². The molecule has 1 aliphatic rings. The zero-order valence-electron chi connectivity index (χ0n) is 7.71. The van der Waals surface area contributed by atoms with Crippen molar-refractivity contribution in [3.8, 4) is 0 Å². The maximum atomic E-state index is 11.1. The van der Waals surface area contributed by atoms with Crippen LogP contribution in [-0.4, -0.2) is 32.0 Å². The van der Waals surface area contributed by atoms with Crippen LogP contribution in [0.25, 0.3) is 0 Å². The molecule has 0 aromatic rings. The summed E-state index contributed by atoms with van der Waals surface area (Å²) in [5, 5.41) is 3.30. The molecule has 2 atom stereocenters. The van der Waals surface area contributed by atoms with Gasteiger partial charge >= 0.3 is 0 Å². The fourth-order valence-electron chi connectivity index (χ4n) is 1.45. The second-order valence-corrected chi connectivity index (χ2v) is 5.80. The van der Waals surface area contributed by atoms with E-state index in [1.54, 1.807) is 0 Å². The average Bonchev–Trinajstić information content (AvgIpc) is 2.30. The zero-order chi connectivity index (χ0) is 9.19. The first-order valence-corrected chi connectivity index (χ1v) is 6.32. The molecular formula is C8H17NO2S. The Labute approximate surface area is 74.5 Å². The van der Waals surface area contributed by atoms with Crippen molar-refractivity contribution in [1.29, 1.82) is 0 Å². The van der Waals surface area contributed by atoms with Gasteiger partial charge in [-0.05, 0) is 19.8 Å². The van der Waals surface area contributed by atoms with Gasteiger partial charge in [0.25, 0.3) is 0 Å². The summed E-state index contributed by atoms with van der Waals surface area (Å²) in [6.07, 6.45) is 1.84. The van der Waals surface area contributed by atoms with E-state index in [9.17, 15) is 8.42 Å². The molecule has 1 saturated heterocycles. The number of rotatable bonds is 3. The number of sulfone groups is 1. The van der Waals surface area contributed by atoms with Crippen LogP contribution in [0.3, 0.4) is 0 Å². The molecule has 0 radical (unpaired) electrons. The fourth-order valence-corrected chi connectivity index (χ4v) is 3.13. The normalized spacial score (nSPS) is 30.3. The lowest BCUT2D eigenvalue weighted by atomic mass is 10.2. The topological polar surface area (TPSA) is 46.2 Å². The van der Waals surface area contributed by atoms with Crippen molar-refractivity contribution in [3.05, 3.63) is 0 Å². The van der Waals surface area contributed by atoms with Crippen LogP contribution in [0.4, 0.5) is 0 Å². The van der Waals surface area contributed by atoms with Gasteiger partial charge in [-0.3, -0.25) is 0 Å². The molecule has 0 amide bonds. The lowest BCUT2D eigenvalue weighted by molar-refractivity contribution is 0.462. The Morgan fingerprint density at radius 2 is 2.25 bits per heavy atom. The molecule has 1 heterocycles. The minimum Gasteiger partial charge on any atom is -0.310 e. The Kier molecular flexibility index (Phi) is 3.12. The van der Waals surface area contributed by atoms with Gasteiger partial charge in [0.15, 0.2) is 9.84 Å². The molecule has 0 aromatic carbocycles. The van der Waals surface area contributed by atoms with E-state index in [0.29, 0.717) is 17.5 Å². The van der Waals surface area contributed by atoms with Crippen LogP contribution < -0.4 is 5.32 Å². The molecule has 0 spiro atoms. The molecule has 1 rings (SSSR count). The molecule has 0 bridgehead atoms. The Morgan fingerprint density at radius 1 is 1.58 bits per heavy atom. The van der Waals surface area contributed by atoms with E-state index in [0.717, 1.165) is 12.8 Å². The molecule has 1 fully saturated rings. The third kappa shape index (κ3) is 2.75. The lowest BCUT2D eigenvalue weighted by Gasteiger charge is -2.16. The van der Waals surface area contributed by atoms with Crippen LogP contribution in [0.15, 0.2) is 0 Å². The summed E-state index contributed by atoms with van der Waals surface area (Å²) in [5.74, 6) is 0.693. The lowest BCUT2D eigenvalue weighted by Crippen LogP contribution is -2.36. The van der Waals surface area contributed by atoms with E-state index in [1.807, 2.05) is 0 Å². The summed E-state index contributed by atoms with van der Waals surface area (Å²) in [5.41, 5.74) is 0. The van der Waals surface area contributed by atoms with E-state index >= 15 is 0 Å². The molecule has 0 saturated carbocycles. The van der Waals surface area contributed by atoms with Crippen LogP contribution in [0.5, 0.6) is 0 Å². The number of hydrogen-bond donors (Lipinski definition) is 1. The molecule has 72 valence electrons. The van der Waals surface area contributed by atoms with E-state index < -0.39 is 9.84 Å². The first-order chi connectivity index (χ1) is 5.53. The molecule has 12 heavy (non-hydrogen) atoms. The van der Waals surface area contributed by atoms with Crippen molar-refractivity contribution in [2.45, 2.75) is 38.8 Å². The van der Waals surface area contributed by atoms with Crippen LogP contribution in [0.1, 0.15) is 26.7 Å². The molecule has 1 N–H and O–H groups in total.